The highest BCUT2D eigenvalue weighted by Gasteiger charge is 2.37. The number of hydrogen-bond donors (Lipinski definition) is 2. The van der Waals surface area contributed by atoms with E-state index in [-0.39, 0.29) is 43.3 Å². The van der Waals surface area contributed by atoms with Crippen molar-refractivity contribution in [3.05, 3.63) is 65.5 Å². The van der Waals surface area contributed by atoms with Crippen molar-refractivity contribution < 1.29 is 23.8 Å². The van der Waals surface area contributed by atoms with Crippen molar-refractivity contribution in [2.24, 2.45) is 5.92 Å². The van der Waals surface area contributed by atoms with Crippen LogP contribution >= 0.6 is 0 Å². The summed E-state index contributed by atoms with van der Waals surface area (Å²) in [6, 6.07) is 12.5. The number of benzene rings is 2. The number of aliphatic hydroxyl groups is 1. The summed E-state index contributed by atoms with van der Waals surface area (Å²) in [7, 11) is 0. The van der Waals surface area contributed by atoms with E-state index in [2.05, 4.69) is 5.32 Å². The maximum Gasteiger partial charge on any atom is 0.249 e. The van der Waals surface area contributed by atoms with Gasteiger partial charge in [0, 0.05) is 18.2 Å². The topological polar surface area (TPSA) is 78.9 Å². The third kappa shape index (κ3) is 4.99. The van der Waals surface area contributed by atoms with Crippen molar-refractivity contribution in [2.45, 2.75) is 32.5 Å². The number of aliphatic hydroxyl groups excluding tert-OH is 1. The molecule has 29 heavy (non-hydrogen) atoms. The fraction of sp³-hybridized carbons (Fsp3) is 0.364. The Kier molecular flexibility index (Phi) is 6.61. The van der Waals surface area contributed by atoms with Crippen LogP contribution in [0.1, 0.15) is 31.1 Å². The number of anilines is 1. The van der Waals surface area contributed by atoms with Gasteiger partial charge in [0.05, 0.1) is 12.6 Å². The normalized spacial score (nSPS) is 19.5. The summed E-state index contributed by atoms with van der Waals surface area (Å²) < 4.78 is 18.9. The van der Waals surface area contributed by atoms with Gasteiger partial charge in [0.25, 0.3) is 0 Å². The van der Waals surface area contributed by atoms with Crippen molar-refractivity contribution in [1.29, 1.82) is 0 Å². The highest BCUT2D eigenvalue weighted by molar-refractivity contribution is 5.92. The van der Waals surface area contributed by atoms with Crippen LogP contribution in [0.25, 0.3) is 0 Å². The molecule has 0 aliphatic carbocycles. The predicted molar refractivity (Wildman–Crippen MR) is 106 cm³/mol. The molecule has 0 radical (unpaired) electrons. The SMILES string of the molecule is CC(C)C(=O)Nc1ccc(C2OCC(=O)N(Cc3ccc(F)cc3)C2CO)cc1. The van der Waals surface area contributed by atoms with Gasteiger partial charge in [0.2, 0.25) is 11.8 Å². The van der Waals surface area contributed by atoms with E-state index in [0.29, 0.717) is 5.69 Å². The first-order valence-electron chi connectivity index (χ1n) is 9.56. The first-order valence-corrected chi connectivity index (χ1v) is 9.56. The highest BCUT2D eigenvalue weighted by atomic mass is 19.1. The first kappa shape index (κ1) is 21.0. The Hall–Kier alpha value is -2.77. The van der Waals surface area contributed by atoms with Gasteiger partial charge in [-0.25, -0.2) is 4.39 Å². The summed E-state index contributed by atoms with van der Waals surface area (Å²) in [6.45, 7) is 3.51. The molecule has 0 bridgehead atoms. The molecule has 1 fully saturated rings. The smallest absolute Gasteiger partial charge is 0.249 e. The number of ether oxygens (including phenoxy) is 1. The molecule has 2 aromatic carbocycles. The number of morpholine rings is 1. The molecule has 0 saturated carbocycles. The lowest BCUT2D eigenvalue weighted by Gasteiger charge is -2.40. The standard InChI is InChI=1S/C22H25FN2O4/c1-14(2)22(28)24-18-9-5-16(6-10-18)21-19(12-26)25(20(27)13-29-21)11-15-3-7-17(23)8-4-15/h3-10,14,19,21,26H,11-13H2,1-2H3,(H,24,28). The first-order chi connectivity index (χ1) is 13.9. The molecule has 2 N–H and O–H groups in total. The van der Waals surface area contributed by atoms with Gasteiger partial charge >= 0.3 is 0 Å². The molecular weight excluding hydrogens is 375 g/mol. The van der Waals surface area contributed by atoms with Crippen LogP contribution in [0.5, 0.6) is 0 Å². The quantitative estimate of drug-likeness (QED) is 0.782. The van der Waals surface area contributed by atoms with Crippen LogP contribution < -0.4 is 5.32 Å². The summed E-state index contributed by atoms with van der Waals surface area (Å²) in [5.74, 6) is -0.772. The van der Waals surface area contributed by atoms with Gasteiger partial charge in [0.1, 0.15) is 18.5 Å². The molecule has 2 amide bonds. The summed E-state index contributed by atoms with van der Waals surface area (Å²) in [4.78, 5) is 25.8. The Morgan fingerprint density at radius 3 is 2.45 bits per heavy atom. The molecular formula is C22H25FN2O4. The van der Waals surface area contributed by atoms with Gasteiger partial charge in [-0.3, -0.25) is 9.59 Å². The van der Waals surface area contributed by atoms with Crippen LogP contribution in [0, 0.1) is 11.7 Å². The van der Waals surface area contributed by atoms with Crippen LogP contribution in [0.2, 0.25) is 0 Å². The van der Waals surface area contributed by atoms with Gasteiger partial charge in [-0.05, 0) is 35.4 Å². The lowest BCUT2D eigenvalue weighted by atomic mass is 9.98. The van der Waals surface area contributed by atoms with Crippen LogP contribution in [0.3, 0.4) is 0 Å². The lowest BCUT2D eigenvalue weighted by Crippen LogP contribution is -2.52. The minimum Gasteiger partial charge on any atom is -0.394 e. The maximum atomic E-state index is 13.2. The predicted octanol–water partition coefficient (Wildman–Crippen LogP) is 2.88. The molecule has 154 valence electrons. The van der Waals surface area contributed by atoms with E-state index >= 15 is 0 Å². The van der Waals surface area contributed by atoms with E-state index in [0.717, 1.165) is 11.1 Å². The fourth-order valence-corrected chi connectivity index (χ4v) is 3.25. The van der Waals surface area contributed by atoms with E-state index in [1.165, 1.54) is 12.1 Å². The summed E-state index contributed by atoms with van der Waals surface area (Å²) in [5, 5.41) is 12.8. The van der Waals surface area contributed by atoms with Crippen LogP contribution in [0.4, 0.5) is 10.1 Å². The number of hydrogen-bond acceptors (Lipinski definition) is 4. The van der Waals surface area contributed by atoms with Crippen LogP contribution in [0.15, 0.2) is 48.5 Å². The van der Waals surface area contributed by atoms with E-state index in [1.54, 1.807) is 29.2 Å². The minimum atomic E-state index is -0.572. The number of carbonyl (C=O) groups is 2. The number of amides is 2. The van der Waals surface area contributed by atoms with E-state index in [4.69, 9.17) is 4.74 Å². The molecule has 1 aliphatic rings. The maximum absolute atomic E-state index is 13.2. The van der Waals surface area contributed by atoms with Crippen LogP contribution in [-0.4, -0.2) is 41.1 Å². The monoisotopic (exact) mass is 400 g/mol. The molecule has 2 atom stereocenters. The molecule has 6 nitrogen and oxygen atoms in total. The Bertz CT molecular complexity index is 852. The Morgan fingerprint density at radius 2 is 1.86 bits per heavy atom. The molecule has 0 spiro atoms. The third-order valence-electron chi connectivity index (χ3n) is 4.94. The molecule has 1 heterocycles. The summed E-state index contributed by atoms with van der Waals surface area (Å²) >= 11 is 0. The van der Waals surface area contributed by atoms with Gasteiger partial charge in [-0.2, -0.15) is 0 Å². The average Bonchev–Trinajstić information content (AvgIpc) is 2.71. The zero-order chi connectivity index (χ0) is 21.0. The van der Waals surface area contributed by atoms with Gasteiger partial charge in [-0.15, -0.1) is 0 Å². The number of rotatable bonds is 6. The van der Waals surface area contributed by atoms with E-state index < -0.39 is 12.1 Å². The van der Waals surface area contributed by atoms with Crippen molar-refractivity contribution in [2.75, 3.05) is 18.5 Å². The van der Waals surface area contributed by atoms with E-state index in [1.807, 2.05) is 26.0 Å². The Morgan fingerprint density at radius 1 is 1.21 bits per heavy atom. The molecule has 1 aliphatic heterocycles. The Labute approximate surface area is 169 Å². The number of nitrogens with one attached hydrogen (secondary N) is 1. The average molecular weight is 400 g/mol. The number of halogens is 1. The molecule has 0 aromatic heterocycles. The zero-order valence-corrected chi connectivity index (χ0v) is 16.5. The van der Waals surface area contributed by atoms with Crippen molar-refractivity contribution >= 4 is 17.5 Å². The van der Waals surface area contributed by atoms with Crippen molar-refractivity contribution in [3.63, 3.8) is 0 Å². The summed E-state index contributed by atoms with van der Waals surface area (Å²) in [6.07, 6.45) is -0.506. The number of carbonyl (C=O) groups excluding carboxylic acids is 2. The second-order valence-corrected chi connectivity index (χ2v) is 7.40. The number of nitrogens with zero attached hydrogens (tertiary/aromatic N) is 1. The minimum absolute atomic E-state index is 0.0732. The second-order valence-electron chi connectivity index (χ2n) is 7.40. The van der Waals surface area contributed by atoms with Crippen molar-refractivity contribution in [1.82, 2.24) is 4.90 Å². The zero-order valence-electron chi connectivity index (χ0n) is 16.5. The molecule has 3 rings (SSSR count). The molecule has 1 saturated heterocycles. The molecule has 2 aromatic rings. The lowest BCUT2D eigenvalue weighted by molar-refractivity contribution is -0.162. The largest absolute Gasteiger partial charge is 0.394 e. The fourth-order valence-electron chi connectivity index (χ4n) is 3.25. The van der Waals surface area contributed by atoms with Crippen molar-refractivity contribution in [3.8, 4) is 0 Å². The second kappa shape index (κ2) is 9.15. The molecule has 7 heteroatoms. The van der Waals surface area contributed by atoms with Gasteiger partial charge in [0.15, 0.2) is 0 Å². The van der Waals surface area contributed by atoms with Gasteiger partial charge in [-0.1, -0.05) is 38.1 Å². The highest BCUT2D eigenvalue weighted by Crippen LogP contribution is 2.31. The van der Waals surface area contributed by atoms with Gasteiger partial charge < -0.3 is 20.1 Å². The third-order valence-corrected chi connectivity index (χ3v) is 4.94. The van der Waals surface area contributed by atoms with Crippen LogP contribution in [-0.2, 0) is 20.9 Å². The molecule has 2 unspecified atom stereocenters. The van der Waals surface area contributed by atoms with E-state index in [9.17, 15) is 19.1 Å². The summed E-state index contributed by atoms with van der Waals surface area (Å²) in [5.41, 5.74) is 2.23. The Balaban J connectivity index is 1.77.